The minimum Gasteiger partial charge on any atom is -0.367 e. The zero-order valence-corrected chi connectivity index (χ0v) is 28.4. The Hall–Kier alpha value is -3.38. The molecule has 0 saturated carbocycles. The van der Waals surface area contributed by atoms with Crippen molar-refractivity contribution in [2.75, 3.05) is 51.7 Å². The van der Waals surface area contributed by atoms with Crippen LogP contribution in [0.4, 0.5) is 10.1 Å². The highest BCUT2D eigenvalue weighted by Gasteiger charge is 2.44. The Morgan fingerprint density at radius 3 is 2.57 bits per heavy atom. The Bertz CT molecular complexity index is 1650. The number of thioether (sulfide) groups is 1. The summed E-state index contributed by atoms with van der Waals surface area (Å²) in [7, 11) is 4.11. The Kier molecular flexibility index (Phi) is 9.22. The molecule has 3 saturated heterocycles. The normalized spacial score (nSPS) is 23.0. The summed E-state index contributed by atoms with van der Waals surface area (Å²) in [5.41, 5.74) is 2.55. The lowest BCUT2D eigenvalue weighted by Gasteiger charge is -2.33. The molecule has 3 fully saturated rings. The molecule has 2 aromatic heterocycles. The molecule has 6 rings (SSSR count). The number of rotatable bonds is 8. The first kappa shape index (κ1) is 32.6. The number of fused-ring (bicyclic) bond motifs is 1. The van der Waals surface area contributed by atoms with Crippen LogP contribution in [0.2, 0.25) is 0 Å². The van der Waals surface area contributed by atoms with Gasteiger partial charge in [0.15, 0.2) is 5.65 Å². The molecule has 3 aliphatic rings. The molecule has 1 aromatic carbocycles. The molecule has 0 spiro atoms. The number of hydrogen-bond donors (Lipinski definition) is 1. The van der Waals surface area contributed by atoms with Crippen LogP contribution in [-0.2, 0) is 9.59 Å². The third-order valence-electron chi connectivity index (χ3n) is 9.76. The maximum absolute atomic E-state index is 15.6. The van der Waals surface area contributed by atoms with Gasteiger partial charge in [-0.15, -0.1) is 11.8 Å². The molecule has 5 heterocycles. The number of pyridine rings is 1. The number of carbonyl (C=O) groups excluding carboxylic acids is 2. The summed E-state index contributed by atoms with van der Waals surface area (Å²) >= 11 is 1.48. The average Bonchev–Trinajstić information content (AvgIpc) is 3.71. The number of carbonyl (C=O) groups is 2. The number of aromatic amines is 1. The number of H-pyrrole nitrogens is 1. The number of para-hydroxylation sites is 1. The van der Waals surface area contributed by atoms with Crippen LogP contribution in [0.15, 0.2) is 41.3 Å². The van der Waals surface area contributed by atoms with E-state index >= 15 is 4.39 Å². The van der Waals surface area contributed by atoms with E-state index < -0.39 is 5.25 Å². The number of likely N-dealkylation sites (N-methyl/N-ethyl adjacent to an activating group) is 1. The molecule has 1 unspecified atom stereocenters. The summed E-state index contributed by atoms with van der Waals surface area (Å²) < 4.78 is 17.4. The third-order valence-corrected chi connectivity index (χ3v) is 11.2. The molecular weight excluding hydrogens is 605 g/mol. The van der Waals surface area contributed by atoms with E-state index in [-0.39, 0.29) is 48.0 Å². The van der Waals surface area contributed by atoms with Gasteiger partial charge in [-0.3, -0.25) is 19.1 Å². The average molecular weight is 654 g/mol. The number of nitrogens with zero attached hydrogens (tertiary/aromatic N) is 6. The second-order valence-electron chi connectivity index (χ2n) is 14.3. The van der Waals surface area contributed by atoms with Crippen molar-refractivity contribution >= 4 is 40.4 Å². The molecule has 1 N–H and O–H groups in total. The van der Waals surface area contributed by atoms with E-state index in [1.807, 2.05) is 28.0 Å². The van der Waals surface area contributed by atoms with Gasteiger partial charge < -0.3 is 19.6 Å². The fraction of sp³-hybridized carbons (Fsp3) is 0.588. The summed E-state index contributed by atoms with van der Waals surface area (Å²) in [5.74, 6) is -0.377. The molecule has 46 heavy (non-hydrogen) atoms. The summed E-state index contributed by atoms with van der Waals surface area (Å²) in [6, 6.07) is 9.20. The van der Waals surface area contributed by atoms with Gasteiger partial charge in [-0.1, -0.05) is 32.9 Å². The van der Waals surface area contributed by atoms with Crippen LogP contribution in [0.3, 0.4) is 0 Å². The van der Waals surface area contributed by atoms with Crippen molar-refractivity contribution in [3.8, 4) is 0 Å². The summed E-state index contributed by atoms with van der Waals surface area (Å²) in [4.78, 5) is 55.5. The fourth-order valence-corrected chi connectivity index (χ4v) is 8.56. The van der Waals surface area contributed by atoms with Gasteiger partial charge in [0.05, 0.1) is 16.5 Å². The first-order chi connectivity index (χ1) is 21.9. The van der Waals surface area contributed by atoms with Crippen LogP contribution < -0.4 is 10.6 Å². The SMILES string of the molecule is CN(C)C1CCN(c2c(F)cccc2[C@H]2S[C@@H](CC(=O)N3CCC(n4c(=O)[nH]c5ncccc54)CC3)C(=O)N2CCC(C)(C)C)C1.[HH]. The van der Waals surface area contributed by atoms with E-state index in [0.29, 0.717) is 49.9 Å². The number of aromatic nitrogens is 3. The predicted molar refractivity (Wildman–Crippen MR) is 183 cm³/mol. The van der Waals surface area contributed by atoms with Crippen LogP contribution in [0.1, 0.15) is 71.3 Å². The smallest absolute Gasteiger partial charge is 0.327 e. The monoisotopic (exact) mass is 653 g/mol. The summed E-state index contributed by atoms with van der Waals surface area (Å²) in [6.45, 7) is 9.52. The molecular formula is C34H48FN7O3S. The number of anilines is 1. The zero-order chi connectivity index (χ0) is 32.7. The van der Waals surface area contributed by atoms with Gasteiger partial charge >= 0.3 is 5.69 Å². The molecule has 12 heteroatoms. The van der Waals surface area contributed by atoms with Crippen molar-refractivity contribution in [2.24, 2.45) is 5.41 Å². The highest BCUT2D eigenvalue weighted by atomic mass is 32.2. The van der Waals surface area contributed by atoms with Gasteiger partial charge in [-0.2, -0.15) is 0 Å². The molecule has 3 aliphatic heterocycles. The Morgan fingerprint density at radius 1 is 1.11 bits per heavy atom. The van der Waals surface area contributed by atoms with Crippen molar-refractivity contribution < 1.29 is 15.4 Å². The largest absolute Gasteiger partial charge is 0.367 e. The van der Waals surface area contributed by atoms with Crippen LogP contribution in [0, 0.1) is 11.2 Å². The van der Waals surface area contributed by atoms with E-state index in [4.69, 9.17) is 0 Å². The van der Waals surface area contributed by atoms with E-state index in [1.54, 1.807) is 16.8 Å². The number of piperidine rings is 1. The lowest BCUT2D eigenvalue weighted by atomic mass is 9.92. The second kappa shape index (κ2) is 13.0. The van der Waals surface area contributed by atoms with E-state index in [9.17, 15) is 14.4 Å². The van der Waals surface area contributed by atoms with Gasteiger partial charge in [0.25, 0.3) is 0 Å². The highest BCUT2D eigenvalue weighted by molar-refractivity contribution is 8.01. The fourth-order valence-electron chi connectivity index (χ4n) is 7.06. The van der Waals surface area contributed by atoms with E-state index in [1.165, 1.54) is 17.8 Å². The highest BCUT2D eigenvalue weighted by Crippen LogP contribution is 2.48. The molecule has 0 aliphatic carbocycles. The van der Waals surface area contributed by atoms with Crippen LogP contribution in [0.5, 0.6) is 0 Å². The maximum atomic E-state index is 15.6. The Morgan fingerprint density at radius 2 is 1.87 bits per heavy atom. The van der Waals surface area contributed by atoms with Crippen LogP contribution in [0.25, 0.3) is 11.2 Å². The van der Waals surface area contributed by atoms with Gasteiger partial charge in [0, 0.05) is 64.4 Å². The van der Waals surface area contributed by atoms with Crippen molar-refractivity contribution in [1.29, 1.82) is 0 Å². The lowest BCUT2D eigenvalue weighted by molar-refractivity contribution is -0.136. The van der Waals surface area contributed by atoms with Crippen LogP contribution >= 0.6 is 11.8 Å². The van der Waals surface area contributed by atoms with Crippen molar-refractivity contribution in [3.63, 3.8) is 0 Å². The number of halogens is 1. The topological polar surface area (TPSA) is 97.8 Å². The molecule has 2 amide bonds. The zero-order valence-electron chi connectivity index (χ0n) is 27.5. The standard InChI is InChI=1S/C34H46FN7O3S.H2/c1-34(2,3)14-19-41-31(44)27(46-32(41)24-8-6-9-25(35)29(24)40-18-13-23(21-40)38(4)5)20-28(43)39-16-11-22(12-17-39)42-26-10-7-15-36-30(26)37-33(42)45;/h6-10,15,22-23,27,32H,11-14,16-21H2,1-5H3,(H,36,37,45);1H/t23?,27-,32+;/m0./s1. The molecule has 250 valence electrons. The number of imidazole rings is 1. The summed E-state index contributed by atoms with van der Waals surface area (Å²) in [6.07, 6.45) is 4.80. The molecule has 0 bridgehead atoms. The second-order valence-corrected chi connectivity index (χ2v) is 15.6. The number of hydrogen-bond acceptors (Lipinski definition) is 7. The third kappa shape index (κ3) is 6.56. The van der Waals surface area contributed by atoms with Gasteiger partial charge in [-0.05, 0) is 63.4 Å². The van der Waals surface area contributed by atoms with Gasteiger partial charge in [-0.25, -0.2) is 14.2 Å². The van der Waals surface area contributed by atoms with Crippen LogP contribution in [-0.4, -0.2) is 99.2 Å². The molecule has 3 aromatic rings. The first-order valence-corrected chi connectivity index (χ1v) is 17.3. The molecule has 0 radical (unpaired) electrons. The number of benzene rings is 1. The lowest BCUT2D eigenvalue weighted by Crippen LogP contribution is -2.42. The molecule has 10 nitrogen and oxygen atoms in total. The van der Waals surface area contributed by atoms with E-state index in [0.717, 1.165) is 37.0 Å². The Balaban J connectivity index is 0.00000433. The number of amides is 2. The van der Waals surface area contributed by atoms with Gasteiger partial charge in [0.1, 0.15) is 11.2 Å². The maximum Gasteiger partial charge on any atom is 0.327 e. The summed E-state index contributed by atoms with van der Waals surface area (Å²) in [5, 5.41) is -0.911. The quantitative estimate of drug-likeness (QED) is 0.370. The van der Waals surface area contributed by atoms with Crippen molar-refractivity contribution in [3.05, 3.63) is 58.4 Å². The molecule has 3 atom stereocenters. The number of nitrogens with one attached hydrogen (secondary N) is 1. The Labute approximate surface area is 275 Å². The predicted octanol–water partition coefficient (Wildman–Crippen LogP) is 4.88. The minimum absolute atomic E-state index is 0. The van der Waals surface area contributed by atoms with Gasteiger partial charge in [0.2, 0.25) is 11.8 Å². The van der Waals surface area contributed by atoms with E-state index in [2.05, 4.69) is 54.6 Å². The van der Waals surface area contributed by atoms with Crippen molar-refractivity contribution in [2.45, 2.75) is 75.6 Å². The minimum atomic E-state index is -0.540. The first-order valence-electron chi connectivity index (χ1n) is 16.4. The van der Waals surface area contributed by atoms with Crippen molar-refractivity contribution in [1.82, 2.24) is 29.2 Å². The number of likely N-dealkylation sites (tertiary alicyclic amines) is 1.